The van der Waals surface area contributed by atoms with Gasteiger partial charge in [-0.2, -0.15) is 0 Å². The fourth-order valence-corrected chi connectivity index (χ4v) is 3.72. The topological polar surface area (TPSA) is 41.6 Å². The van der Waals surface area contributed by atoms with Crippen LogP contribution in [0.1, 0.15) is 23.1 Å². The first-order valence-corrected chi connectivity index (χ1v) is 8.75. The van der Waals surface area contributed by atoms with Crippen molar-refractivity contribution in [1.29, 1.82) is 0 Å². The van der Waals surface area contributed by atoms with Crippen LogP contribution in [0.25, 0.3) is 6.08 Å². The molecule has 0 spiro atoms. The molecule has 2 aliphatic rings. The van der Waals surface area contributed by atoms with Gasteiger partial charge >= 0.3 is 0 Å². The fraction of sp³-hybridized carbons (Fsp3) is 0.286. The van der Waals surface area contributed by atoms with E-state index in [9.17, 15) is 9.18 Å². The number of carbonyl (C=O) groups excluding carboxylic acids is 1. The number of halogens is 1. The third-order valence-electron chi connectivity index (χ3n) is 5.15. The van der Waals surface area contributed by atoms with E-state index in [1.807, 2.05) is 17.0 Å². The van der Waals surface area contributed by atoms with Gasteiger partial charge in [0.25, 0.3) is 0 Å². The van der Waals surface area contributed by atoms with E-state index in [2.05, 4.69) is 18.3 Å². The zero-order chi connectivity index (χ0) is 18.3. The normalized spacial score (nSPS) is 17.9. The second-order valence-electron chi connectivity index (χ2n) is 6.78. The molecule has 4 rings (SSSR count). The molecular weight excluding hydrogens is 331 g/mol. The van der Waals surface area contributed by atoms with Crippen LogP contribution in [0.15, 0.2) is 42.0 Å². The molecule has 1 N–H and O–H groups in total. The molecule has 2 aliphatic heterocycles. The standard InChI is InChI=1S/C21H21FN2O2/c1-13-3-8-18(26-2)20-17(13)12-15-9-10-24(21(15)23-20)19(25)11-14-4-6-16(22)7-5-14/h3-8,12,21,23H,9-11H2,1-2H3. The fourth-order valence-electron chi connectivity index (χ4n) is 3.72. The molecule has 0 bridgehead atoms. The van der Waals surface area contributed by atoms with Gasteiger partial charge < -0.3 is 15.0 Å². The van der Waals surface area contributed by atoms with Crippen molar-refractivity contribution in [3.8, 4) is 5.75 Å². The molecule has 0 aliphatic carbocycles. The van der Waals surface area contributed by atoms with Crippen LogP contribution in [0, 0.1) is 12.7 Å². The first-order valence-electron chi connectivity index (χ1n) is 8.75. The number of hydrogen-bond donors (Lipinski definition) is 1. The van der Waals surface area contributed by atoms with Crippen molar-refractivity contribution < 1.29 is 13.9 Å². The number of anilines is 1. The molecule has 134 valence electrons. The van der Waals surface area contributed by atoms with Gasteiger partial charge in [0, 0.05) is 12.1 Å². The number of amides is 1. The van der Waals surface area contributed by atoms with Crippen molar-refractivity contribution >= 4 is 17.7 Å². The number of nitrogens with zero attached hydrogens (tertiary/aromatic N) is 1. The predicted octanol–water partition coefficient (Wildman–Crippen LogP) is 3.75. The third-order valence-corrected chi connectivity index (χ3v) is 5.15. The van der Waals surface area contributed by atoms with Crippen molar-refractivity contribution in [3.63, 3.8) is 0 Å². The summed E-state index contributed by atoms with van der Waals surface area (Å²) in [7, 11) is 1.65. The summed E-state index contributed by atoms with van der Waals surface area (Å²) in [6.07, 6.45) is 3.15. The summed E-state index contributed by atoms with van der Waals surface area (Å²) < 4.78 is 18.6. The maximum atomic E-state index is 13.1. The molecule has 2 aromatic rings. The Morgan fingerprint density at radius 2 is 2.04 bits per heavy atom. The number of carbonyl (C=O) groups is 1. The first-order chi connectivity index (χ1) is 12.6. The highest BCUT2D eigenvalue weighted by Gasteiger charge is 2.36. The molecular formula is C21H21FN2O2. The first kappa shape index (κ1) is 16.6. The average Bonchev–Trinajstić information content (AvgIpc) is 3.06. The quantitative estimate of drug-likeness (QED) is 0.915. The zero-order valence-corrected chi connectivity index (χ0v) is 14.9. The van der Waals surface area contributed by atoms with Gasteiger partial charge in [0.15, 0.2) is 0 Å². The minimum absolute atomic E-state index is 0.0348. The van der Waals surface area contributed by atoms with Crippen LogP contribution < -0.4 is 10.1 Å². The summed E-state index contributed by atoms with van der Waals surface area (Å²) in [6.45, 7) is 2.75. The van der Waals surface area contributed by atoms with Crippen LogP contribution in [0.2, 0.25) is 0 Å². The number of methoxy groups -OCH3 is 1. The Morgan fingerprint density at radius 3 is 2.77 bits per heavy atom. The number of benzene rings is 2. The minimum Gasteiger partial charge on any atom is -0.495 e. The molecule has 1 saturated heterocycles. The highest BCUT2D eigenvalue weighted by atomic mass is 19.1. The summed E-state index contributed by atoms with van der Waals surface area (Å²) >= 11 is 0. The average molecular weight is 352 g/mol. The monoisotopic (exact) mass is 352 g/mol. The maximum Gasteiger partial charge on any atom is 0.228 e. The number of nitrogens with one attached hydrogen (secondary N) is 1. The molecule has 1 fully saturated rings. The Morgan fingerprint density at radius 1 is 1.27 bits per heavy atom. The molecule has 1 atom stereocenters. The molecule has 5 heteroatoms. The van der Waals surface area contributed by atoms with E-state index in [1.165, 1.54) is 23.3 Å². The van der Waals surface area contributed by atoms with E-state index >= 15 is 0 Å². The Labute approximate surface area is 152 Å². The van der Waals surface area contributed by atoms with Gasteiger partial charge in [-0.05, 0) is 54.3 Å². The Kier molecular flexibility index (Phi) is 4.15. The van der Waals surface area contributed by atoms with Crippen molar-refractivity contribution in [2.24, 2.45) is 0 Å². The van der Waals surface area contributed by atoms with Crippen molar-refractivity contribution in [2.45, 2.75) is 25.9 Å². The molecule has 2 heterocycles. The Hall–Kier alpha value is -2.82. The number of ether oxygens (including phenoxy) is 1. The van der Waals surface area contributed by atoms with E-state index < -0.39 is 0 Å². The minimum atomic E-state index is -0.291. The molecule has 4 nitrogen and oxygen atoms in total. The van der Waals surface area contributed by atoms with Crippen molar-refractivity contribution in [2.75, 3.05) is 19.0 Å². The van der Waals surface area contributed by atoms with Crippen LogP contribution >= 0.6 is 0 Å². The van der Waals surface area contributed by atoms with Crippen LogP contribution in [0.5, 0.6) is 5.75 Å². The zero-order valence-electron chi connectivity index (χ0n) is 14.9. The van der Waals surface area contributed by atoms with E-state index in [-0.39, 0.29) is 24.3 Å². The second kappa shape index (κ2) is 6.48. The van der Waals surface area contributed by atoms with Crippen LogP contribution in [-0.2, 0) is 11.2 Å². The maximum absolute atomic E-state index is 13.1. The van der Waals surface area contributed by atoms with E-state index in [0.29, 0.717) is 6.54 Å². The summed E-state index contributed by atoms with van der Waals surface area (Å²) in [5.41, 5.74) is 5.27. The number of rotatable bonds is 3. The second-order valence-corrected chi connectivity index (χ2v) is 6.78. The number of likely N-dealkylation sites (tertiary alicyclic amines) is 1. The van der Waals surface area contributed by atoms with Gasteiger partial charge in [-0.15, -0.1) is 0 Å². The SMILES string of the molecule is COc1ccc(C)c2c1NC1C(=C2)CCN1C(=O)Cc1ccc(F)cc1. The van der Waals surface area contributed by atoms with E-state index in [0.717, 1.165) is 29.0 Å². The summed E-state index contributed by atoms with van der Waals surface area (Å²) in [5.74, 6) is 0.520. The van der Waals surface area contributed by atoms with Crippen LogP contribution in [-0.4, -0.2) is 30.6 Å². The highest BCUT2D eigenvalue weighted by Crippen LogP contribution is 2.40. The summed E-state index contributed by atoms with van der Waals surface area (Å²) in [4.78, 5) is 14.7. The van der Waals surface area contributed by atoms with Crippen LogP contribution in [0.4, 0.5) is 10.1 Å². The van der Waals surface area contributed by atoms with Crippen molar-refractivity contribution in [3.05, 3.63) is 64.5 Å². The van der Waals surface area contributed by atoms with Gasteiger partial charge in [-0.1, -0.05) is 18.2 Å². The number of hydrogen-bond acceptors (Lipinski definition) is 3. The molecule has 26 heavy (non-hydrogen) atoms. The molecule has 0 saturated carbocycles. The lowest BCUT2D eigenvalue weighted by Crippen LogP contribution is -2.42. The predicted molar refractivity (Wildman–Crippen MR) is 99.6 cm³/mol. The largest absolute Gasteiger partial charge is 0.495 e. The smallest absolute Gasteiger partial charge is 0.228 e. The lowest BCUT2D eigenvalue weighted by Gasteiger charge is -2.32. The van der Waals surface area contributed by atoms with Gasteiger partial charge in [-0.3, -0.25) is 4.79 Å². The van der Waals surface area contributed by atoms with Gasteiger partial charge in [0.1, 0.15) is 17.7 Å². The molecule has 1 amide bonds. The molecule has 0 radical (unpaired) electrons. The summed E-state index contributed by atoms with van der Waals surface area (Å²) in [5, 5.41) is 3.50. The molecule has 0 aromatic heterocycles. The van der Waals surface area contributed by atoms with E-state index in [4.69, 9.17) is 4.74 Å². The van der Waals surface area contributed by atoms with Crippen molar-refractivity contribution in [1.82, 2.24) is 4.90 Å². The molecule has 1 unspecified atom stereocenters. The van der Waals surface area contributed by atoms with Gasteiger partial charge in [0.2, 0.25) is 5.91 Å². The lowest BCUT2D eigenvalue weighted by molar-refractivity contribution is -0.130. The Bertz CT molecular complexity index is 890. The number of aryl methyl sites for hydroxylation is 1. The van der Waals surface area contributed by atoms with Gasteiger partial charge in [0.05, 0.1) is 19.2 Å². The van der Waals surface area contributed by atoms with Crippen LogP contribution in [0.3, 0.4) is 0 Å². The highest BCUT2D eigenvalue weighted by molar-refractivity contribution is 5.85. The molecule has 2 aromatic carbocycles. The lowest BCUT2D eigenvalue weighted by atomic mass is 9.97. The van der Waals surface area contributed by atoms with E-state index in [1.54, 1.807) is 19.2 Å². The summed E-state index contributed by atoms with van der Waals surface area (Å²) in [6, 6.07) is 10.1. The number of fused-ring (bicyclic) bond motifs is 2. The van der Waals surface area contributed by atoms with Gasteiger partial charge in [-0.25, -0.2) is 4.39 Å². The Balaban J connectivity index is 1.59. The third kappa shape index (κ3) is 2.83.